The molecule has 0 radical (unpaired) electrons. The van der Waals surface area contributed by atoms with Crippen LogP contribution in [0.25, 0.3) is 0 Å². The summed E-state index contributed by atoms with van der Waals surface area (Å²) in [6, 6.07) is 3.51. The molecule has 0 saturated heterocycles. The van der Waals surface area contributed by atoms with E-state index in [0.717, 1.165) is 5.69 Å². The van der Waals surface area contributed by atoms with E-state index in [9.17, 15) is 4.79 Å². The van der Waals surface area contributed by atoms with Crippen molar-refractivity contribution in [2.24, 2.45) is 0 Å². The van der Waals surface area contributed by atoms with Crippen LogP contribution < -0.4 is 14.8 Å². The second-order valence-corrected chi connectivity index (χ2v) is 3.35. The largest absolute Gasteiger partial charge is 0.497 e. The average molecular weight is 207 g/mol. The number of carbonyl (C=O) groups excluding carboxylic acids is 1. The van der Waals surface area contributed by atoms with Crippen LogP contribution in [0.2, 0.25) is 0 Å². The minimum absolute atomic E-state index is 0.126. The first-order chi connectivity index (χ1) is 7.26. The maximum Gasteiger partial charge on any atom is 0.166 e. The van der Waals surface area contributed by atoms with Gasteiger partial charge >= 0.3 is 0 Å². The zero-order valence-electron chi connectivity index (χ0n) is 8.79. The van der Waals surface area contributed by atoms with Crippen LogP contribution in [0.4, 0.5) is 5.69 Å². The molecule has 0 fully saturated rings. The molecule has 0 aromatic heterocycles. The summed E-state index contributed by atoms with van der Waals surface area (Å²) >= 11 is 0. The Hall–Kier alpha value is -1.71. The molecule has 1 aromatic carbocycles. The minimum atomic E-state index is 0.126. The highest BCUT2D eigenvalue weighted by Crippen LogP contribution is 2.36. The fourth-order valence-electron chi connectivity index (χ4n) is 1.71. The van der Waals surface area contributed by atoms with Crippen molar-refractivity contribution in [2.75, 3.05) is 26.1 Å². The minimum Gasteiger partial charge on any atom is -0.497 e. The van der Waals surface area contributed by atoms with E-state index >= 15 is 0 Å². The summed E-state index contributed by atoms with van der Waals surface area (Å²) in [5.41, 5.74) is 1.42. The van der Waals surface area contributed by atoms with E-state index in [4.69, 9.17) is 9.47 Å². The van der Waals surface area contributed by atoms with Crippen molar-refractivity contribution in [2.45, 2.75) is 6.42 Å². The SMILES string of the molecule is COc1cc(OC)c2c(c1)C(=O)CCN2. The Bertz CT molecular complexity index is 401. The Morgan fingerprint density at radius 2 is 2.07 bits per heavy atom. The van der Waals surface area contributed by atoms with Crippen molar-refractivity contribution in [1.29, 1.82) is 0 Å². The molecule has 0 saturated carbocycles. The van der Waals surface area contributed by atoms with Gasteiger partial charge in [0.1, 0.15) is 11.5 Å². The van der Waals surface area contributed by atoms with Crippen molar-refractivity contribution in [3.05, 3.63) is 17.7 Å². The molecule has 15 heavy (non-hydrogen) atoms. The molecule has 1 N–H and O–H groups in total. The van der Waals surface area contributed by atoms with Crippen LogP contribution in [0.1, 0.15) is 16.8 Å². The third-order valence-electron chi connectivity index (χ3n) is 2.49. The molecule has 1 aliphatic heterocycles. The van der Waals surface area contributed by atoms with Gasteiger partial charge in [0.05, 0.1) is 19.9 Å². The zero-order valence-corrected chi connectivity index (χ0v) is 8.79. The Labute approximate surface area is 88.2 Å². The number of ether oxygens (including phenoxy) is 2. The lowest BCUT2D eigenvalue weighted by molar-refractivity contribution is 0.0983. The molecule has 4 nitrogen and oxygen atoms in total. The average Bonchev–Trinajstić information content (AvgIpc) is 2.28. The highest BCUT2D eigenvalue weighted by Gasteiger charge is 2.21. The highest BCUT2D eigenvalue weighted by molar-refractivity contribution is 6.04. The maximum absolute atomic E-state index is 11.7. The molecule has 0 aliphatic carbocycles. The summed E-state index contributed by atoms with van der Waals surface area (Å²) in [4.78, 5) is 11.7. The number of rotatable bonds is 2. The van der Waals surface area contributed by atoms with Gasteiger partial charge in [-0.3, -0.25) is 4.79 Å². The van der Waals surface area contributed by atoms with Crippen molar-refractivity contribution in [3.8, 4) is 11.5 Å². The van der Waals surface area contributed by atoms with E-state index in [2.05, 4.69) is 5.32 Å². The number of Topliss-reactive ketones (excluding diaryl/α,β-unsaturated/α-hetero) is 1. The van der Waals surface area contributed by atoms with E-state index < -0.39 is 0 Å². The molecule has 1 heterocycles. The number of hydrogen-bond acceptors (Lipinski definition) is 4. The molecule has 0 unspecified atom stereocenters. The van der Waals surface area contributed by atoms with Crippen molar-refractivity contribution >= 4 is 11.5 Å². The smallest absolute Gasteiger partial charge is 0.166 e. The number of hydrogen-bond donors (Lipinski definition) is 1. The normalized spacial score (nSPS) is 14.1. The van der Waals surface area contributed by atoms with E-state index in [0.29, 0.717) is 30.0 Å². The number of benzene rings is 1. The van der Waals surface area contributed by atoms with Crippen LogP contribution in [0.5, 0.6) is 11.5 Å². The number of fused-ring (bicyclic) bond motifs is 1. The third kappa shape index (κ3) is 1.63. The predicted molar refractivity (Wildman–Crippen MR) is 57.0 cm³/mol. The molecule has 0 amide bonds. The molecular formula is C11H13NO3. The van der Waals surface area contributed by atoms with Gasteiger partial charge in [0.2, 0.25) is 0 Å². The lowest BCUT2D eigenvalue weighted by Crippen LogP contribution is -2.18. The summed E-state index contributed by atoms with van der Waals surface area (Å²) in [7, 11) is 3.15. The van der Waals surface area contributed by atoms with Crippen LogP contribution in [0, 0.1) is 0 Å². The Balaban J connectivity index is 2.57. The second kappa shape index (κ2) is 3.81. The van der Waals surface area contributed by atoms with Gasteiger partial charge in [-0.1, -0.05) is 0 Å². The molecule has 80 valence electrons. The van der Waals surface area contributed by atoms with Gasteiger partial charge < -0.3 is 14.8 Å². The number of anilines is 1. The molecular weight excluding hydrogens is 194 g/mol. The molecule has 4 heteroatoms. The summed E-state index contributed by atoms with van der Waals surface area (Å²) in [6.07, 6.45) is 0.517. The van der Waals surface area contributed by atoms with Crippen molar-refractivity contribution < 1.29 is 14.3 Å². The number of nitrogens with one attached hydrogen (secondary N) is 1. The molecule has 2 rings (SSSR count). The summed E-state index contributed by atoms with van der Waals surface area (Å²) in [5.74, 6) is 1.42. The van der Waals surface area contributed by atoms with E-state index in [-0.39, 0.29) is 5.78 Å². The summed E-state index contributed by atoms with van der Waals surface area (Å²) < 4.78 is 10.3. The van der Waals surface area contributed by atoms with Gasteiger partial charge in [0.25, 0.3) is 0 Å². The van der Waals surface area contributed by atoms with Gasteiger partial charge in [-0.05, 0) is 6.07 Å². The quantitative estimate of drug-likeness (QED) is 0.801. The molecule has 1 aromatic rings. The lowest BCUT2D eigenvalue weighted by atomic mass is 10.0. The van der Waals surface area contributed by atoms with Crippen LogP contribution in [-0.4, -0.2) is 26.5 Å². The van der Waals surface area contributed by atoms with Crippen LogP contribution in [-0.2, 0) is 0 Å². The fraction of sp³-hybridized carbons (Fsp3) is 0.364. The fourth-order valence-corrected chi connectivity index (χ4v) is 1.71. The van der Waals surface area contributed by atoms with Gasteiger partial charge in [-0.15, -0.1) is 0 Å². The topological polar surface area (TPSA) is 47.6 Å². The van der Waals surface area contributed by atoms with E-state index in [1.165, 1.54) is 0 Å². The second-order valence-electron chi connectivity index (χ2n) is 3.35. The monoisotopic (exact) mass is 207 g/mol. The first-order valence-electron chi connectivity index (χ1n) is 4.79. The first-order valence-corrected chi connectivity index (χ1v) is 4.79. The van der Waals surface area contributed by atoms with Crippen LogP contribution in [0.3, 0.4) is 0 Å². The van der Waals surface area contributed by atoms with Gasteiger partial charge in [-0.2, -0.15) is 0 Å². The molecule has 1 aliphatic rings. The summed E-state index contributed by atoms with van der Waals surface area (Å²) in [5, 5.41) is 3.16. The van der Waals surface area contributed by atoms with Crippen molar-refractivity contribution in [3.63, 3.8) is 0 Å². The van der Waals surface area contributed by atoms with Gasteiger partial charge in [0, 0.05) is 24.6 Å². The Morgan fingerprint density at radius 1 is 1.27 bits per heavy atom. The number of carbonyl (C=O) groups is 1. The standard InChI is InChI=1S/C11H13NO3/c1-14-7-5-8-9(13)3-4-12-11(8)10(6-7)15-2/h5-6,12H,3-4H2,1-2H3. The zero-order chi connectivity index (χ0) is 10.8. The Morgan fingerprint density at radius 3 is 2.73 bits per heavy atom. The van der Waals surface area contributed by atoms with E-state index in [1.54, 1.807) is 26.4 Å². The van der Waals surface area contributed by atoms with Gasteiger partial charge in [-0.25, -0.2) is 0 Å². The number of methoxy groups -OCH3 is 2. The molecule has 0 atom stereocenters. The van der Waals surface area contributed by atoms with Crippen LogP contribution in [0.15, 0.2) is 12.1 Å². The molecule has 0 bridgehead atoms. The van der Waals surface area contributed by atoms with Crippen molar-refractivity contribution in [1.82, 2.24) is 0 Å². The van der Waals surface area contributed by atoms with Crippen LogP contribution >= 0.6 is 0 Å². The maximum atomic E-state index is 11.7. The van der Waals surface area contributed by atoms with E-state index in [1.807, 2.05) is 0 Å². The summed E-state index contributed by atoms with van der Waals surface area (Å²) in [6.45, 7) is 0.661. The molecule has 0 spiro atoms. The highest BCUT2D eigenvalue weighted by atomic mass is 16.5. The third-order valence-corrected chi connectivity index (χ3v) is 2.49. The van der Waals surface area contributed by atoms with Gasteiger partial charge in [0.15, 0.2) is 5.78 Å². The Kier molecular flexibility index (Phi) is 2.49. The first kappa shape index (κ1) is 9.83. The number of ketones is 1. The lowest BCUT2D eigenvalue weighted by Gasteiger charge is -2.20. The predicted octanol–water partition coefficient (Wildman–Crippen LogP) is 1.70.